The average Bonchev–Trinajstić information content (AvgIpc) is 2.90. The number of nitrogens with zero attached hydrogens (tertiary/aromatic N) is 2. The summed E-state index contributed by atoms with van der Waals surface area (Å²) >= 11 is 0. The van der Waals surface area contributed by atoms with Gasteiger partial charge in [-0.25, -0.2) is 0 Å². The van der Waals surface area contributed by atoms with Gasteiger partial charge in [0.15, 0.2) is 0 Å². The molecule has 3 nitrogen and oxygen atoms in total. The highest BCUT2D eigenvalue weighted by Gasteiger charge is 2.41. The Hall–Kier alpha value is -0.120. The molecule has 0 aromatic heterocycles. The van der Waals surface area contributed by atoms with Gasteiger partial charge in [0.2, 0.25) is 0 Å². The molecule has 1 saturated carbocycles. The molecule has 0 aromatic rings. The zero-order valence-corrected chi connectivity index (χ0v) is 14.6. The summed E-state index contributed by atoms with van der Waals surface area (Å²) in [5.74, 6) is 0.944. The number of nitrogens with two attached hydrogens (primary N) is 1. The van der Waals surface area contributed by atoms with Gasteiger partial charge in [0.1, 0.15) is 0 Å². The van der Waals surface area contributed by atoms with Crippen LogP contribution >= 0.6 is 0 Å². The molecule has 1 aliphatic heterocycles. The first-order valence-electron chi connectivity index (χ1n) is 9.38. The van der Waals surface area contributed by atoms with E-state index >= 15 is 0 Å². The molecule has 0 spiro atoms. The predicted molar refractivity (Wildman–Crippen MR) is 91.6 cm³/mol. The van der Waals surface area contributed by atoms with Crippen molar-refractivity contribution in [2.75, 3.05) is 32.7 Å². The molecule has 21 heavy (non-hydrogen) atoms. The molecule has 0 aromatic carbocycles. The van der Waals surface area contributed by atoms with Gasteiger partial charge in [0.25, 0.3) is 0 Å². The van der Waals surface area contributed by atoms with Crippen molar-refractivity contribution in [3.63, 3.8) is 0 Å². The second-order valence-electron chi connectivity index (χ2n) is 7.24. The summed E-state index contributed by atoms with van der Waals surface area (Å²) in [7, 11) is 0. The zero-order valence-electron chi connectivity index (χ0n) is 14.6. The molecule has 3 unspecified atom stereocenters. The molecule has 1 heterocycles. The Morgan fingerprint density at radius 3 is 2.48 bits per heavy atom. The first-order valence-corrected chi connectivity index (χ1v) is 9.38. The van der Waals surface area contributed by atoms with Crippen molar-refractivity contribution in [1.29, 1.82) is 0 Å². The van der Waals surface area contributed by atoms with Crippen molar-refractivity contribution < 1.29 is 0 Å². The molecule has 1 saturated heterocycles. The second-order valence-corrected chi connectivity index (χ2v) is 7.24. The Labute approximate surface area is 132 Å². The van der Waals surface area contributed by atoms with Gasteiger partial charge in [0, 0.05) is 31.2 Å². The fourth-order valence-corrected chi connectivity index (χ4v) is 4.73. The van der Waals surface area contributed by atoms with Crippen LogP contribution in [-0.2, 0) is 0 Å². The summed E-state index contributed by atoms with van der Waals surface area (Å²) < 4.78 is 0. The lowest BCUT2D eigenvalue weighted by atomic mass is 9.87. The normalized spacial score (nSPS) is 35.3. The Balaban J connectivity index is 2.01. The first kappa shape index (κ1) is 17.2. The Kier molecular flexibility index (Phi) is 6.51. The third kappa shape index (κ3) is 3.80. The predicted octanol–water partition coefficient (Wildman–Crippen LogP) is 3.09. The molecule has 2 rings (SSSR count). The van der Waals surface area contributed by atoms with Gasteiger partial charge in [-0.2, -0.15) is 0 Å². The van der Waals surface area contributed by atoms with E-state index in [1.165, 1.54) is 71.1 Å². The number of rotatable bonds is 6. The topological polar surface area (TPSA) is 32.5 Å². The van der Waals surface area contributed by atoms with Crippen molar-refractivity contribution in [3.8, 4) is 0 Å². The van der Waals surface area contributed by atoms with Crippen molar-refractivity contribution >= 4 is 0 Å². The maximum absolute atomic E-state index is 6.31. The van der Waals surface area contributed by atoms with E-state index < -0.39 is 0 Å². The number of hydrogen-bond acceptors (Lipinski definition) is 3. The maximum atomic E-state index is 6.31. The van der Waals surface area contributed by atoms with Crippen LogP contribution in [0.3, 0.4) is 0 Å². The highest BCUT2D eigenvalue weighted by molar-refractivity contribution is 4.99. The Bertz CT molecular complexity index is 303. The minimum Gasteiger partial charge on any atom is -0.329 e. The van der Waals surface area contributed by atoms with Crippen LogP contribution in [0.25, 0.3) is 0 Å². The molecule has 2 N–H and O–H groups in total. The summed E-state index contributed by atoms with van der Waals surface area (Å²) in [6, 6.07) is 0.758. The van der Waals surface area contributed by atoms with Crippen LogP contribution in [0.15, 0.2) is 0 Å². The average molecular weight is 296 g/mol. The van der Waals surface area contributed by atoms with Crippen LogP contribution in [0.4, 0.5) is 0 Å². The van der Waals surface area contributed by atoms with E-state index in [0.717, 1.165) is 18.5 Å². The van der Waals surface area contributed by atoms with Gasteiger partial charge in [-0.15, -0.1) is 0 Å². The monoisotopic (exact) mass is 295 g/mol. The van der Waals surface area contributed by atoms with Crippen molar-refractivity contribution in [2.45, 2.75) is 77.3 Å². The SMILES string of the molecule is CCC1CCCC(CN)(N2CCC(N(CC)CC)C2)CC1. The molecule has 2 aliphatic rings. The van der Waals surface area contributed by atoms with Crippen LogP contribution in [-0.4, -0.2) is 54.1 Å². The Morgan fingerprint density at radius 2 is 1.86 bits per heavy atom. The standard InChI is InChI=1S/C18H37N3/c1-4-16-8-7-11-18(15-19,12-9-16)21-13-10-17(14-21)20(5-2)6-3/h16-17H,4-15,19H2,1-3H3. The third-order valence-corrected chi connectivity index (χ3v) is 6.39. The smallest absolute Gasteiger partial charge is 0.0332 e. The summed E-state index contributed by atoms with van der Waals surface area (Å²) in [5, 5.41) is 0. The minimum absolute atomic E-state index is 0.311. The molecule has 0 bridgehead atoms. The fourth-order valence-electron chi connectivity index (χ4n) is 4.73. The molecule has 2 fully saturated rings. The number of likely N-dealkylation sites (N-methyl/N-ethyl adjacent to an activating group) is 1. The van der Waals surface area contributed by atoms with Gasteiger partial charge in [0.05, 0.1) is 0 Å². The van der Waals surface area contributed by atoms with Crippen LogP contribution < -0.4 is 5.73 Å². The number of likely N-dealkylation sites (tertiary alicyclic amines) is 1. The van der Waals surface area contributed by atoms with Crippen molar-refractivity contribution in [1.82, 2.24) is 9.80 Å². The second kappa shape index (κ2) is 7.94. The lowest BCUT2D eigenvalue weighted by Crippen LogP contribution is -2.53. The van der Waals surface area contributed by atoms with Gasteiger partial charge >= 0.3 is 0 Å². The third-order valence-electron chi connectivity index (χ3n) is 6.39. The van der Waals surface area contributed by atoms with Gasteiger partial charge < -0.3 is 5.73 Å². The summed E-state index contributed by atoms with van der Waals surface area (Å²) in [4.78, 5) is 5.41. The van der Waals surface area contributed by atoms with Gasteiger partial charge in [-0.1, -0.05) is 40.0 Å². The molecule has 3 atom stereocenters. The molecular weight excluding hydrogens is 258 g/mol. The van der Waals surface area contributed by atoms with E-state index in [0.29, 0.717) is 5.54 Å². The van der Waals surface area contributed by atoms with E-state index in [4.69, 9.17) is 5.73 Å². The maximum Gasteiger partial charge on any atom is 0.0332 e. The molecule has 3 heteroatoms. The highest BCUT2D eigenvalue weighted by Crippen LogP contribution is 2.37. The van der Waals surface area contributed by atoms with Crippen LogP contribution in [0.1, 0.15) is 65.7 Å². The Morgan fingerprint density at radius 1 is 1.10 bits per heavy atom. The lowest BCUT2D eigenvalue weighted by molar-refractivity contribution is 0.0915. The van der Waals surface area contributed by atoms with Gasteiger partial charge in [-0.3, -0.25) is 9.80 Å². The summed E-state index contributed by atoms with van der Waals surface area (Å²) in [5.41, 5.74) is 6.62. The minimum atomic E-state index is 0.311. The molecule has 0 amide bonds. The van der Waals surface area contributed by atoms with Crippen LogP contribution in [0.2, 0.25) is 0 Å². The quantitative estimate of drug-likeness (QED) is 0.764. The van der Waals surface area contributed by atoms with Crippen molar-refractivity contribution in [2.24, 2.45) is 11.7 Å². The summed E-state index contributed by atoms with van der Waals surface area (Å²) in [6.07, 6.45) is 9.52. The van der Waals surface area contributed by atoms with E-state index in [9.17, 15) is 0 Å². The highest BCUT2D eigenvalue weighted by atomic mass is 15.3. The molecule has 124 valence electrons. The van der Waals surface area contributed by atoms with E-state index in [1.54, 1.807) is 0 Å². The largest absolute Gasteiger partial charge is 0.329 e. The van der Waals surface area contributed by atoms with E-state index in [1.807, 2.05) is 0 Å². The van der Waals surface area contributed by atoms with E-state index in [-0.39, 0.29) is 0 Å². The molecular formula is C18H37N3. The van der Waals surface area contributed by atoms with Crippen molar-refractivity contribution in [3.05, 3.63) is 0 Å². The number of hydrogen-bond donors (Lipinski definition) is 1. The first-order chi connectivity index (χ1) is 10.2. The molecule has 0 radical (unpaired) electrons. The van der Waals surface area contributed by atoms with Crippen LogP contribution in [0.5, 0.6) is 0 Å². The van der Waals surface area contributed by atoms with E-state index in [2.05, 4.69) is 30.6 Å². The molecule has 1 aliphatic carbocycles. The zero-order chi connectivity index (χ0) is 15.3. The van der Waals surface area contributed by atoms with Gasteiger partial charge in [-0.05, 0) is 44.7 Å². The summed E-state index contributed by atoms with van der Waals surface area (Å²) in [6.45, 7) is 12.7. The van der Waals surface area contributed by atoms with Crippen LogP contribution in [0, 0.1) is 5.92 Å². The fraction of sp³-hybridized carbons (Fsp3) is 1.00. The lowest BCUT2D eigenvalue weighted by Gasteiger charge is -2.41.